The lowest BCUT2D eigenvalue weighted by molar-refractivity contribution is 0.433. The summed E-state index contributed by atoms with van der Waals surface area (Å²) in [6, 6.07) is 7.63. The molecule has 0 fully saturated rings. The second-order valence-electron chi connectivity index (χ2n) is 3.91. The molecule has 2 aromatic rings. The molecular formula is C13H8Cl2N2O2. The van der Waals surface area contributed by atoms with Crippen molar-refractivity contribution in [1.29, 1.82) is 5.26 Å². The highest BCUT2D eigenvalue weighted by Crippen LogP contribution is 2.28. The first-order valence-corrected chi connectivity index (χ1v) is 6.02. The lowest BCUT2D eigenvalue weighted by Gasteiger charge is -2.12. The minimum absolute atomic E-state index is 0.0237. The van der Waals surface area contributed by atoms with Gasteiger partial charge in [-0.05, 0) is 30.7 Å². The number of aryl methyl sites for hydroxylation is 1. The van der Waals surface area contributed by atoms with E-state index < -0.39 is 11.4 Å². The van der Waals surface area contributed by atoms with Gasteiger partial charge < -0.3 is 5.11 Å². The van der Waals surface area contributed by atoms with Gasteiger partial charge in [0.15, 0.2) is 0 Å². The van der Waals surface area contributed by atoms with Crippen LogP contribution in [0, 0.1) is 18.3 Å². The standard InChI is InChI=1S/C13H8Cl2N2O2/c1-7-4-12(18)17(13(19)9(7)6-16)11-5-8(14)2-3-10(11)15/h2-5,19H,1H3. The average Bonchev–Trinajstić information content (AvgIpc) is 2.33. The summed E-state index contributed by atoms with van der Waals surface area (Å²) in [6.45, 7) is 1.57. The molecule has 0 radical (unpaired) electrons. The second kappa shape index (κ2) is 4.96. The second-order valence-corrected chi connectivity index (χ2v) is 4.75. The lowest BCUT2D eigenvalue weighted by Crippen LogP contribution is -2.19. The van der Waals surface area contributed by atoms with Gasteiger partial charge in [-0.15, -0.1) is 0 Å². The first-order valence-electron chi connectivity index (χ1n) is 5.27. The maximum atomic E-state index is 12.0. The number of nitrogens with zero attached hydrogens (tertiary/aromatic N) is 2. The molecule has 1 aromatic carbocycles. The summed E-state index contributed by atoms with van der Waals surface area (Å²) in [5, 5.41) is 19.7. The Morgan fingerprint density at radius 2 is 2.00 bits per heavy atom. The third-order valence-corrected chi connectivity index (χ3v) is 3.21. The van der Waals surface area contributed by atoms with Crippen LogP contribution in [0.5, 0.6) is 5.88 Å². The smallest absolute Gasteiger partial charge is 0.258 e. The minimum atomic E-state index is -0.488. The van der Waals surface area contributed by atoms with Gasteiger partial charge in [0.05, 0.1) is 10.7 Å². The normalized spacial score (nSPS) is 10.2. The van der Waals surface area contributed by atoms with Crippen molar-refractivity contribution in [1.82, 2.24) is 4.57 Å². The quantitative estimate of drug-likeness (QED) is 0.879. The molecule has 19 heavy (non-hydrogen) atoms. The van der Waals surface area contributed by atoms with Gasteiger partial charge >= 0.3 is 0 Å². The lowest BCUT2D eigenvalue weighted by atomic mass is 10.1. The van der Waals surface area contributed by atoms with Gasteiger partial charge in [0, 0.05) is 11.1 Å². The highest BCUT2D eigenvalue weighted by Gasteiger charge is 2.16. The summed E-state index contributed by atoms with van der Waals surface area (Å²) in [5.74, 6) is -0.448. The summed E-state index contributed by atoms with van der Waals surface area (Å²) >= 11 is 11.9. The molecule has 0 aliphatic rings. The van der Waals surface area contributed by atoms with Crippen LogP contribution in [0.1, 0.15) is 11.1 Å². The van der Waals surface area contributed by atoms with Crippen LogP contribution in [0.2, 0.25) is 10.0 Å². The van der Waals surface area contributed by atoms with Gasteiger partial charge in [0.1, 0.15) is 11.6 Å². The molecule has 0 bridgehead atoms. The fourth-order valence-corrected chi connectivity index (χ4v) is 2.11. The molecule has 0 saturated heterocycles. The summed E-state index contributed by atoms with van der Waals surface area (Å²) in [6.07, 6.45) is 0. The molecule has 1 N–H and O–H groups in total. The molecule has 1 aromatic heterocycles. The zero-order valence-electron chi connectivity index (χ0n) is 9.82. The monoisotopic (exact) mass is 294 g/mol. The number of benzene rings is 1. The molecule has 1 heterocycles. The zero-order valence-corrected chi connectivity index (χ0v) is 11.3. The molecule has 0 amide bonds. The Labute approximate surface area is 119 Å². The van der Waals surface area contributed by atoms with Crippen molar-refractivity contribution in [3.05, 3.63) is 55.8 Å². The molecule has 2 rings (SSSR count). The van der Waals surface area contributed by atoms with Crippen LogP contribution in [0.4, 0.5) is 0 Å². The minimum Gasteiger partial charge on any atom is -0.493 e. The van der Waals surface area contributed by atoms with Crippen molar-refractivity contribution in [3.8, 4) is 17.6 Å². The van der Waals surface area contributed by atoms with Crippen molar-refractivity contribution in [2.45, 2.75) is 6.92 Å². The fraction of sp³-hybridized carbons (Fsp3) is 0.0769. The largest absolute Gasteiger partial charge is 0.493 e. The van der Waals surface area contributed by atoms with E-state index in [0.717, 1.165) is 4.57 Å². The van der Waals surface area contributed by atoms with E-state index in [0.29, 0.717) is 10.6 Å². The first kappa shape index (κ1) is 13.5. The molecular weight excluding hydrogens is 287 g/mol. The van der Waals surface area contributed by atoms with Crippen LogP contribution in [0.3, 0.4) is 0 Å². The van der Waals surface area contributed by atoms with Gasteiger partial charge in [-0.25, -0.2) is 4.57 Å². The van der Waals surface area contributed by atoms with Gasteiger partial charge in [-0.2, -0.15) is 5.26 Å². The van der Waals surface area contributed by atoms with Gasteiger partial charge in [0.25, 0.3) is 5.56 Å². The molecule has 0 spiro atoms. The topological polar surface area (TPSA) is 66.0 Å². The highest BCUT2D eigenvalue weighted by molar-refractivity contribution is 6.34. The van der Waals surface area contributed by atoms with E-state index in [4.69, 9.17) is 28.5 Å². The summed E-state index contributed by atoms with van der Waals surface area (Å²) in [7, 11) is 0. The first-order chi connectivity index (χ1) is 8.95. The van der Waals surface area contributed by atoms with Crippen LogP contribution in [-0.4, -0.2) is 9.67 Å². The molecule has 0 aliphatic carbocycles. The Balaban J connectivity index is 2.88. The van der Waals surface area contributed by atoms with E-state index in [9.17, 15) is 9.90 Å². The Bertz CT molecular complexity index is 760. The SMILES string of the molecule is Cc1cc(=O)n(-c2cc(Cl)ccc2Cl)c(O)c1C#N. The Morgan fingerprint density at radius 3 is 2.63 bits per heavy atom. The summed E-state index contributed by atoms with van der Waals surface area (Å²) < 4.78 is 0.958. The molecule has 6 heteroatoms. The Kier molecular flexibility index (Phi) is 3.52. The van der Waals surface area contributed by atoms with Crippen molar-refractivity contribution in [2.24, 2.45) is 0 Å². The molecule has 0 saturated carbocycles. The van der Waals surface area contributed by atoms with Crippen LogP contribution in [0.25, 0.3) is 5.69 Å². The summed E-state index contributed by atoms with van der Waals surface area (Å²) in [5.41, 5.74) is 0.168. The maximum absolute atomic E-state index is 12.0. The van der Waals surface area contributed by atoms with Gasteiger partial charge in [0.2, 0.25) is 5.88 Å². The van der Waals surface area contributed by atoms with Gasteiger partial charge in [-0.1, -0.05) is 23.2 Å². The van der Waals surface area contributed by atoms with E-state index in [2.05, 4.69) is 0 Å². The number of aromatic hydroxyl groups is 1. The highest BCUT2D eigenvalue weighted by atomic mass is 35.5. The van der Waals surface area contributed by atoms with Crippen molar-refractivity contribution in [2.75, 3.05) is 0 Å². The third kappa shape index (κ3) is 2.30. The van der Waals surface area contributed by atoms with Gasteiger partial charge in [-0.3, -0.25) is 4.79 Å². The van der Waals surface area contributed by atoms with Crippen LogP contribution >= 0.6 is 23.2 Å². The van der Waals surface area contributed by atoms with E-state index in [1.807, 2.05) is 6.07 Å². The average molecular weight is 295 g/mol. The number of nitriles is 1. The predicted molar refractivity (Wildman–Crippen MR) is 73.2 cm³/mol. The van der Waals surface area contributed by atoms with Crippen molar-refractivity contribution in [3.63, 3.8) is 0 Å². The van der Waals surface area contributed by atoms with Crippen molar-refractivity contribution >= 4 is 23.2 Å². The van der Waals surface area contributed by atoms with Crippen molar-refractivity contribution < 1.29 is 5.11 Å². The van der Waals surface area contributed by atoms with E-state index in [1.54, 1.807) is 13.0 Å². The van der Waals surface area contributed by atoms with E-state index in [-0.39, 0.29) is 16.3 Å². The fourth-order valence-electron chi connectivity index (χ4n) is 1.74. The molecule has 96 valence electrons. The Morgan fingerprint density at radius 1 is 1.32 bits per heavy atom. The molecule has 0 atom stereocenters. The number of rotatable bonds is 1. The van der Waals surface area contributed by atoms with Crippen LogP contribution < -0.4 is 5.56 Å². The number of hydrogen-bond donors (Lipinski definition) is 1. The summed E-state index contributed by atoms with van der Waals surface area (Å²) in [4.78, 5) is 12.0. The van der Waals surface area contributed by atoms with E-state index >= 15 is 0 Å². The number of aromatic nitrogens is 1. The Hall–Kier alpha value is -1.96. The number of hydrogen-bond acceptors (Lipinski definition) is 3. The molecule has 4 nitrogen and oxygen atoms in total. The number of pyridine rings is 1. The maximum Gasteiger partial charge on any atom is 0.258 e. The van der Waals surface area contributed by atoms with Crippen LogP contribution in [0.15, 0.2) is 29.1 Å². The zero-order chi connectivity index (χ0) is 14.2. The third-order valence-electron chi connectivity index (χ3n) is 2.65. The predicted octanol–water partition coefficient (Wildman–Crippen LogP) is 3.03. The van der Waals surface area contributed by atoms with Crippen LogP contribution in [-0.2, 0) is 0 Å². The molecule has 0 aliphatic heterocycles. The number of halogens is 2. The van der Waals surface area contributed by atoms with E-state index in [1.165, 1.54) is 18.2 Å². The molecule has 0 unspecified atom stereocenters.